The van der Waals surface area contributed by atoms with Gasteiger partial charge in [0, 0.05) is 0 Å². The van der Waals surface area contributed by atoms with E-state index in [1.807, 2.05) is 6.08 Å². The summed E-state index contributed by atoms with van der Waals surface area (Å²) in [5.74, 6) is 0.555. The van der Waals surface area contributed by atoms with Crippen molar-refractivity contribution in [3.05, 3.63) is 23.8 Å². The summed E-state index contributed by atoms with van der Waals surface area (Å²) in [7, 11) is 0. The van der Waals surface area contributed by atoms with E-state index in [1.165, 1.54) is 12.0 Å². The highest BCUT2D eigenvalue weighted by Gasteiger charge is 2.31. The maximum absolute atomic E-state index is 9.70. The molecule has 1 N–H and O–H groups in total. The fraction of sp³-hybridized carbons (Fsp3) is 0.765. The van der Waals surface area contributed by atoms with Crippen LogP contribution in [-0.2, 0) is 0 Å². The molecule has 0 fully saturated rings. The summed E-state index contributed by atoms with van der Waals surface area (Å²) in [5.41, 5.74) is 2.00. The molecule has 1 aliphatic carbocycles. The standard InChI is InChI=1S/C17H30O/c1-16(2,3)12-15(17(4,5)6)13-8-7-9-14(18)11-10-13/h8,10-11,14-15,18H,7,9,12H2,1-6H3. The van der Waals surface area contributed by atoms with Gasteiger partial charge in [0.05, 0.1) is 6.10 Å². The van der Waals surface area contributed by atoms with Crippen molar-refractivity contribution in [3.63, 3.8) is 0 Å². The Hall–Kier alpha value is -0.560. The first kappa shape index (κ1) is 15.5. The van der Waals surface area contributed by atoms with Crippen LogP contribution in [0.15, 0.2) is 23.8 Å². The molecule has 0 aromatic heterocycles. The summed E-state index contributed by atoms with van der Waals surface area (Å²) in [6.45, 7) is 13.9. The Morgan fingerprint density at radius 1 is 1.22 bits per heavy atom. The van der Waals surface area contributed by atoms with E-state index in [4.69, 9.17) is 0 Å². The maximum atomic E-state index is 9.70. The molecule has 1 aliphatic rings. The van der Waals surface area contributed by atoms with Gasteiger partial charge in [-0.3, -0.25) is 0 Å². The van der Waals surface area contributed by atoms with Gasteiger partial charge in [-0.05, 0) is 41.6 Å². The first-order valence-corrected chi connectivity index (χ1v) is 7.16. The second-order valence-electron chi connectivity index (χ2n) is 7.89. The van der Waals surface area contributed by atoms with Crippen LogP contribution in [0.2, 0.25) is 0 Å². The van der Waals surface area contributed by atoms with Crippen LogP contribution in [0.4, 0.5) is 0 Å². The van der Waals surface area contributed by atoms with E-state index in [-0.39, 0.29) is 11.5 Å². The summed E-state index contributed by atoms with van der Waals surface area (Å²) in [5, 5.41) is 9.70. The first-order valence-electron chi connectivity index (χ1n) is 7.16. The summed E-state index contributed by atoms with van der Waals surface area (Å²) >= 11 is 0. The zero-order chi connectivity index (χ0) is 14.0. The summed E-state index contributed by atoms with van der Waals surface area (Å²) in [6, 6.07) is 0. The molecule has 2 atom stereocenters. The van der Waals surface area contributed by atoms with Crippen LogP contribution in [-0.4, -0.2) is 11.2 Å². The zero-order valence-electron chi connectivity index (χ0n) is 13.0. The van der Waals surface area contributed by atoms with Gasteiger partial charge < -0.3 is 5.11 Å². The number of allylic oxidation sites excluding steroid dienone is 3. The van der Waals surface area contributed by atoms with Crippen LogP contribution < -0.4 is 0 Å². The molecule has 104 valence electrons. The van der Waals surface area contributed by atoms with Crippen molar-refractivity contribution in [2.75, 3.05) is 0 Å². The SMILES string of the molecule is CC(C)(C)CC(C1=CCCC(O)C=C1)C(C)(C)C. The van der Waals surface area contributed by atoms with Crippen LogP contribution in [0.5, 0.6) is 0 Å². The molecule has 0 radical (unpaired) electrons. The molecule has 1 heteroatoms. The fourth-order valence-corrected chi connectivity index (χ4v) is 2.60. The molecule has 0 heterocycles. The Kier molecular flexibility index (Phi) is 4.83. The Balaban J connectivity index is 2.96. The third-order valence-electron chi connectivity index (χ3n) is 3.62. The topological polar surface area (TPSA) is 20.2 Å². The zero-order valence-corrected chi connectivity index (χ0v) is 13.0. The van der Waals surface area contributed by atoms with E-state index in [9.17, 15) is 5.11 Å². The molecule has 0 spiro atoms. The van der Waals surface area contributed by atoms with Gasteiger partial charge in [0.25, 0.3) is 0 Å². The van der Waals surface area contributed by atoms with Crippen LogP contribution in [0.25, 0.3) is 0 Å². The molecule has 1 rings (SSSR count). The molecular weight excluding hydrogens is 220 g/mol. The third kappa shape index (κ3) is 4.97. The van der Waals surface area contributed by atoms with Gasteiger partial charge >= 0.3 is 0 Å². The van der Waals surface area contributed by atoms with Crippen molar-refractivity contribution in [2.24, 2.45) is 16.7 Å². The van der Waals surface area contributed by atoms with Gasteiger partial charge in [-0.2, -0.15) is 0 Å². The van der Waals surface area contributed by atoms with Crippen molar-refractivity contribution in [2.45, 2.75) is 66.9 Å². The van der Waals surface area contributed by atoms with E-state index in [0.29, 0.717) is 11.3 Å². The number of aliphatic hydroxyl groups is 1. The van der Waals surface area contributed by atoms with Crippen LogP contribution in [0.1, 0.15) is 60.8 Å². The molecule has 0 saturated carbocycles. The van der Waals surface area contributed by atoms with Gasteiger partial charge in [0.15, 0.2) is 0 Å². The minimum atomic E-state index is -0.269. The van der Waals surface area contributed by atoms with E-state index in [0.717, 1.165) is 12.8 Å². The first-order chi connectivity index (χ1) is 8.09. The minimum absolute atomic E-state index is 0.263. The second kappa shape index (κ2) is 5.61. The van der Waals surface area contributed by atoms with Gasteiger partial charge in [-0.1, -0.05) is 59.8 Å². The molecule has 2 unspecified atom stereocenters. The maximum Gasteiger partial charge on any atom is 0.0727 e. The largest absolute Gasteiger partial charge is 0.389 e. The highest BCUT2D eigenvalue weighted by atomic mass is 16.3. The Bertz CT molecular complexity index is 322. The minimum Gasteiger partial charge on any atom is -0.389 e. The molecule has 0 bridgehead atoms. The van der Waals surface area contributed by atoms with E-state index >= 15 is 0 Å². The number of rotatable bonds is 2. The average molecular weight is 250 g/mol. The lowest BCUT2D eigenvalue weighted by Crippen LogP contribution is -2.26. The van der Waals surface area contributed by atoms with Crippen molar-refractivity contribution in [1.29, 1.82) is 0 Å². The summed E-state index contributed by atoms with van der Waals surface area (Å²) in [6.07, 6.45) is 9.19. The number of hydrogen-bond acceptors (Lipinski definition) is 1. The lowest BCUT2D eigenvalue weighted by Gasteiger charge is -2.36. The van der Waals surface area contributed by atoms with E-state index in [2.05, 4.69) is 53.7 Å². The summed E-state index contributed by atoms with van der Waals surface area (Å²) < 4.78 is 0. The van der Waals surface area contributed by atoms with E-state index < -0.39 is 0 Å². The molecule has 0 aromatic carbocycles. The lowest BCUT2D eigenvalue weighted by atomic mass is 9.68. The Morgan fingerprint density at radius 3 is 2.33 bits per heavy atom. The molecule has 0 aromatic rings. The molecular formula is C17H30O. The Labute approximate surface area is 113 Å². The summed E-state index contributed by atoms with van der Waals surface area (Å²) in [4.78, 5) is 0. The molecule has 1 nitrogen and oxygen atoms in total. The second-order valence-corrected chi connectivity index (χ2v) is 7.89. The average Bonchev–Trinajstić information content (AvgIpc) is 2.36. The van der Waals surface area contributed by atoms with Crippen LogP contribution in [0.3, 0.4) is 0 Å². The van der Waals surface area contributed by atoms with Crippen LogP contribution >= 0.6 is 0 Å². The molecule has 18 heavy (non-hydrogen) atoms. The molecule has 0 saturated heterocycles. The van der Waals surface area contributed by atoms with Gasteiger partial charge in [-0.25, -0.2) is 0 Å². The predicted octanol–water partition coefficient (Wildman–Crippen LogP) is 4.72. The Morgan fingerprint density at radius 2 is 1.83 bits per heavy atom. The van der Waals surface area contributed by atoms with Crippen molar-refractivity contribution in [3.8, 4) is 0 Å². The van der Waals surface area contributed by atoms with Gasteiger partial charge in [-0.15, -0.1) is 0 Å². The third-order valence-corrected chi connectivity index (χ3v) is 3.62. The molecule has 0 aliphatic heterocycles. The van der Waals surface area contributed by atoms with Crippen molar-refractivity contribution >= 4 is 0 Å². The molecule has 0 amide bonds. The van der Waals surface area contributed by atoms with E-state index in [1.54, 1.807) is 0 Å². The van der Waals surface area contributed by atoms with Crippen molar-refractivity contribution in [1.82, 2.24) is 0 Å². The lowest BCUT2D eigenvalue weighted by molar-refractivity contribution is 0.199. The van der Waals surface area contributed by atoms with Crippen LogP contribution in [0, 0.1) is 16.7 Å². The number of aliphatic hydroxyl groups excluding tert-OH is 1. The monoisotopic (exact) mass is 250 g/mol. The van der Waals surface area contributed by atoms with Gasteiger partial charge in [0.1, 0.15) is 0 Å². The predicted molar refractivity (Wildman–Crippen MR) is 79.5 cm³/mol. The number of hydrogen-bond donors (Lipinski definition) is 1. The highest BCUT2D eigenvalue weighted by Crippen LogP contribution is 2.41. The van der Waals surface area contributed by atoms with Crippen molar-refractivity contribution < 1.29 is 5.11 Å². The fourth-order valence-electron chi connectivity index (χ4n) is 2.60. The quantitative estimate of drug-likeness (QED) is 0.751. The smallest absolute Gasteiger partial charge is 0.0727 e. The normalized spacial score (nSPS) is 23.5. The van der Waals surface area contributed by atoms with Gasteiger partial charge in [0.2, 0.25) is 0 Å². The highest BCUT2D eigenvalue weighted by molar-refractivity contribution is 5.26.